The van der Waals surface area contributed by atoms with Crippen LogP contribution in [-0.2, 0) is 6.61 Å². The minimum absolute atomic E-state index is 0.0141. The average molecular weight is 275 g/mol. The summed E-state index contributed by atoms with van der Waals surface area (Å²) in [4.78, 5) is 15.0. The van der Waals surface area contributed by atoms with Crippen LogP contribution in [0.1, 0.15) is 21.6 Å². The number of rotatable bonds is 4. The summed E-state index contributed by atoms with van der Waals surface area (Å²) in [7, 11) is 0. The molecule has 2 aromatic rings. The van der Waals surface area contributed by atoms with Crippen LogP contribution in [0.3, 0.4) is 0 Å². The van der Waals surface area contributed by atoms with Crippen LogP contribution >= 0.6 is 0 Å². The Labute approximate surface area is 115 Å². The molecular formula is C14H14FN3O2. The zero-order valence-electron chi connectivity index (χ0n) is 10.9. The van der Waals surface area contributed by atoms with Crippen LogP contribution in [0, 0.1) is 12.7 Å². The van der Waals surface area contributed by atoms with E-state index in [0.717, 1.165) is 11.8 Å². The summed E-state index contributed by atoms with van der Waals surface area (Å²) in [6, 6.07) is 7.40. The molecule has 0 radical (unpaired) electrons. The second kappa shape index (κ2) is 5.56. The van der Waals surface area contributed by atoms with Crippen molar-refractivity contribution in [3.05, 3.63) is 53.0 Å². The number of aromatic nitrogens is 1. The summed E-state index contributed by atoms with van der Waals surface area (Å²) in [6.45, 7) is 1.79. The Balaban J connectivity index is 2.13. The van der Waals surface area contributed by atoms with E-state index in [1.165, 1.54) is 12.1 Å². The zero-order chi connectivity index (χ0) is 14.7. The zero-order valence-corrected chi connectivity index (χ0v) is 10.9. The number of pyridine rings is 1. The molecule has 104 valence electrons. The van der Waals surface area contributed by atoms with E-state index in [9.17, 15) is 9.18 Å². The topological polar surface area (TPSA) is 91.2 Å². The second-order valence-electron chi connectivity index (χ2n) is 4.30. The van der Waals surface area contributed by atoms with Gasteiger partial charge in [0.1, 0.15) is 12.4 Å². The molecule has 1 amide bonds. The number of nitrogen functional groups attached to an aromatic ring is 1. The maximum absolute atomic E-state index is 13.7. The average Bonchev–Trinajstić information content (AvgIpc) is 2.38. The molecular weight excluding hydrogens is 261 g/mol. The van der Waals surface area contributed by atoms with Gasteiger partial charge in [-0.2, -0.15) is 0 Å². The number of halogens is 1. The van der Waals surface area contributed by atoms with Crippen LogP contribution in [-0.4, -0.2) is 10.9 Å². The van der Waals surface area contributed by atoms with E-state index in [2.05, 4.69) is 4.98 Å². The number of nitrogens with zero attached hydrogens (tertiary/aromatic N) is 1. The number of carbonyl (C=O) groups is 1. The highest BCUT2D eigenvalue weighted by Crippen LogP contribution is 2.21. The summed E-state index contributed by atoms with van der Waals surface area (Å²) in [5.41, 5.74) is 12.0. The smallest absolute Gasteiger partial charge is 0.248 e. The Morgan fingerprint density at radius 3 is 2.70 bits per heavy atom. The third-order valence-corrected chi connectivity index (χ3v) is 2.75. The highest BCUT2D eigenvalue weighted by atomic mass is 19.1. The molecule has 0 aliphatic heterocycles. The summed E-state index contributed by atoms with van der Waals surface area (Å²) in [6.07, 6.45) is 0. The summed E-state index contributed by atoms with van der Waals surface area (Å²) >= 11 is 0. The maximum atomic E-state index is 13.7. The minimum Gasteiger partial charge on any atom is -0.485 e. The van der Waals surface area contributed by atoms with Gasteiger partial charge in [-0.1, -0.05) is 6.07 Å². The first kappa shape index (κ1) is 13.8. The molecule has 5 nitrogen and oxygen atoms in total. The van der Waals surface area contributed by atoms with Crippen LogP contribution in [0.15, 0.2) is 30.3 Å². The number of primary amides is 1. The molecule has 0 saturated carbocycles. The Hall–Kier alpha value is -2.63. The van der Waals surface area contributed by atoms with E-state index in [4.69, 9.17) is 16.2 Å². The lowest BCUT2D eigenvalue weighted by Gasteiger charge is -2.09. The summed E-state index contributed by atoms with van der Waals surface area (Å²) < 4.78 is 19.2. The SMILES string of the molecule is Cc1ccc(OCc2ccc(C(N)=O)cc2F)c(N)n1. The van der Waals surface area contributed by atoms with Crippen molar-refractivity contribution in [1.82, 2.24) is 4.98 Å². The van der Waals surface area contributed by atoms with Crippen molar-refractivity contribution in [3.8, 4) is 5.75 Å². The Morgan fingerprint density at radius 1 is 1.35 bits per heavy atom. The molecule has 0 spiro atoms. The Kier molecular flexibility index (Phi) is 3.84. The molecule has 20 heavy (non-hydrogen) atoms. The molecule has 1 aromatic carbocycles. The van der Waals surface area contributed by atoms with Crippen LogP contribution in [0.2, 0.25) is 0 Å². The van der Waals surface area contributed by atoms with Gasteiger partial charge in [-0.25, -0.2) is 9.37 Å². The van der Waals surface area contributed by atoms with E-state index >= 15 is 0 Å². The molecule has 0 bridgehead atoms. The number of hydrogen-bond donors (Lipinski definition) is 2. The maximum Gasteiger partial charge on any atom is 0.248 e. The van der Waals surface area contributed by atoms with Crippen molar-refractivity contribution in [2.24, 2.45) is 5.73 Å². The number of hydrogen-bond acceptors (Lipinski definition) is 4. The second-order valence-corrected chi connectivity index (χ2v) is 4.30. The largest absolute Gasteiger partial charge is 0.485 e. The molecule has 2 rings (SSSR count). The molecule has 1 heterocycles. The van der Waals surface area contributed by atoms with Gasteiger partial charge in [-0.15, -0.1) is 0 Å². The molecule has 0 saturated heterocycles. The van der Waals surface area contributed by atoms with E-state index in [1.54, 1.807) is 12.1 Å². The normalized spacial score (nSPS) is 10.3. The fourth-order valence-corrected chi connectivity index (χ4v) is 1.66. The van der Waals surface area contributed by atoms with Crippen LogP contribution in [0.5, 0.6) is 5.75 Å². The van der Waals surface area contributed by atoms with E-state index in [1.807, 2.05) is 6.92 Å². The van der Waals surface area contributed by atoms with Gasteiger partial charge in [0.25, 0.3) is 0 Å². The molecule has 6 heteroatoms. The van der Waals surface area contributed by atoms with Crippen molar-refractivity contribution < 1.29 is 13.9 Å². The van der Waals surface area contributed by atoms with Gasteiger partial charge in [-0.3, -0.25) is 4.79 Å². The lowest BCUT2D eigenvalue weighted by atomic mass is 10.1. The van der Waals surface area contributed by atoms with Gasteiger partial charge in [0, 0.05) is 16.8 Å². The van der Waals surface area contributed by atoms with Crippen molar-refractivity contribution in [1.29, 1.82) is 0 Å². The molecule has 0 unspecified atom stereocenters. The first-order valence-electron chi connectivity index (χ1n) is 5.91. The van der Waals surface area contributed by atoms with Gasteiger partial charge < -0.3 is 16.2 Å². The molecule has 0 atom stereocenters. The van der Waals surface area contributed by atoms with Crippen LogP contribution in [0.25, 0.3) is 0 Å². The Bertz CT molecular complexity index is 659. The first-order valence-corrected chi connectivity index (χ1v) is 5.91. The molecule has 0 aliphatic rings. The quantitative estimate of drug-likeness (QED) is 0.889. The number of anilines is 1. The third-order valence-electron chi connectivity index (χ3n) is 2.75. The molecule has 0 aliphatic carbocycles. The number of carbonyl (C=O) groups excluding carboxylic acids is 1. The van der Waals surface area contributed by atoms with Gasteiger partial charge in [0.15, 0.2) is 11.6 Å². The minimum atomic E-state index is -0.677. The van der Waals surface area contributed by atoms with Crippen molar-refractivity contribution in [3.63, 3.8) is 0 Å². The number of ether oxygens (including phenoxy) is 1. The molecule has 4 N–H and O–H groups in total. The Morgan fingerprint density at radius 2 is 2.10 bits per heavy atom. The third kappa shape index (κ3) is 3.03. The van der Waals surface area contributed by atoms with Gasteiger partial charge in [0.05, 0.1) is 0 Å². The van der Waals surface area contributed by atoms with Crippen LogP contribution < -0.4 is 16.2 Å². The molecule has 1 aromatic heterocycles. The fourth-order valence-electron chi connectivity index (χ4n) is 1.66. The monoisotopic (exact) mass is 275 g/mol. The van der Waals surface area contributed by atoms with E-state index in [-0.39, 0.29) is 18.0 Å². The highest BCUT2D eigenvalue weighted by Gasteiger charge is 2.09. The number of benzene rings is 1. The summed E-state index contributed by atoms with van der Waals surface area (Å²) in [5, 5.41) is 0. The van der Waals surface area contributed by atoms with Gasteiger partial charge >= 0.3 is 0 Å². The predicted molar refractivity (Wildman–Crippen MR) is 72.6 cm³/mol. The standard InChI is InChI=1S/C14H14FN3O2/c1-8-2-5-12(13(16)18-8)20-7-10-4-3-9(14(17)19)6-11(10)15/h2-6H,7H2,1H3,(H2,16,18)(H2,17,19). The first-order chi connectivity index (χ1) is 9.47. The number of amides is 1. The highest BCUT2D eigenvalue weighted by molar-refractivity contribution is 5.92. The van der Waals surface area contributed by atoms with Crippen molar-refractivity contribution in [2.45, 2.75) is 13.5 Å². The number of aryl methyl sites for hydroxylation is 1. The van der Waals surface area contributed by atoms with Gasteiger partial charge in [0.2, 0.25) is 5.91 Å². The number of nitrogens with two attached hydrogens (primary N) is 2. The fraction of sp³-hybridized carbons (Fsp3) is 0.143. The van der Waals surface area contributed by atoms with Crippen LogP contribution in [0.4, 0.5) is 10.2 Å². The van der Waals surface area contributed by atoms with E-state index in [0.29, 0.717) is 11.3 Å². The van der Waals surface area contributed by atoms with Crippen molar-refractivity contribution in [2.75, 3.05) is 5.73 Å². The molecule has 0 fully saturated rings. The lowest BCUT2D eigenvalue weighted by molar-refractivity contribution is 0.0999. The van der Waals surface area contributed by atoms with Crippen molar-refractivity contribution >= 4 is 11.7 Å². The van der Waals surface area contributed by atoms with E-state index < -0.39 is 11.7 Å². The lowest BCUT2D eigenvalue weighted by Crippen LogP contribution is -2.12. The predicted octanol–water partition coefficient (Wildman–Crippen LogP) is 1.79. The summed E-state index contributed by atoms with van der Waals surface area (Å²) in [5.74, 6) is -0.601. The van der Waals surface area contributed by atoms with Gasteiger partial charge in [-0.05, 0) is 31.2 Å².